The molecule has 2 N–H and O–H groups in total. The Balaban J connectivity index is 2.21. The van der Waals surface area contributed by atoms with Crippen LogP contribution in [0.15, 0.2) is 35.0 Å². The predicted octanol–water partition coefficient (Wildman–Crippen LogP) is 2.53. The first-order valence-corrected chi connectivity index (χ1v) is 5.55. The number of hydrogen-bond donors (Lipinski definition) is 2. The summed E-state index contributed by atoms with van der Waals surface area (Å²) in [6, 6.07) is 6.99. The van der Waals surface area contributed by atoms with E-state index in [0.717, 1.165) is 16.5 Å². The number of benzene rings is 1. The van der Waals surface area contributed by atoms with E-state index in [1.165, 1.54) is 6.07 Å². The van der Waals surface area contributed by atoms with Crippen LogP contribution >= 0.6 is 0 Å². The van der Waals surface area contributed by atoms with Crippen LogP contribution < -0.4 is 4.74 Å². The lowest BCUT2D eigenvalue weighted by atomic mass is 10.1. The Morgan fingerprint density at radius 3 is 3.00 bits per heavy atom. The molecule has 0 radical (unpaired) electrons. The van der Waals surface area contributed by atoms with Crippen LogP contribution in [0.1, 0.15) is 10.6 Å². The Morgan fingerprint density at radius 1 is 1.47 bits per heavy atom. The maximum absolute atomic E-state index is 10.8. The van der Waals surface area contributed by atoms with Crippen molar-refractivity contribution in [2.45, 2.75) is 0 Å². The van der Waals surface area contributed by atoms with E-state index in [1.54, 1.807) is 13.3 Å². The highest BCUT2D eigenvalue weighted by atomic mass is 16.5. The zero-order valence-electron chi connectivity index (χ0n) is 10.0. The lowest BCUT2D eigenvalue weighted by Gasteiger charge is -2.02. The summed E-state index contributed by atoms with van der Waals surface area (Å²) in [6.07, 6.45) is 1.75. The summed E-state index contributed by atoms with van der Waals surface area (Å²) in [4.78, 5) is 13.9. The summed E-state index contributed by atoms with van der Waals surface area (Å²) < 4.78 is 10.1. The van der Waals surface area contributed by atoms with Gasteiger partial charge in [0.2, 0.25) is 5.76 Å². The molecule has 1 aromatic carbocycles. The highest BCUT2D eigenvalue weighted by Crippen LogP contribution is 2.34. The van der Waals surface area contributed by atoms with Gasteiger partial charge in [0.05, 0.1) is 12.5 Å². The number of H-pyrrole nitrogens is 1. The number of rotatable bonds is 3. The molecule has 0 aliphatic carbocycles. The van der Waals surface area contributed by atoms with Crippen LogP contribution in [0.2, 0.25) is 0 Å². The number of hydrogen-bond acceptors (Lipinski definition) is 4. The molecule has 0 spiro atoms. The maximum atomic E-state index is 10.8. The number of fused-ring (bicyclic) bond motifs is 1. The number of nitrogens with zero attached hydrogens (tertiary/aromatic N) is 1. The quantitative estimate of drug-likeness (QED) is 0.753. The molecule has 0 bridgehead atoms. The van der Waals surface area contributed by atoms with Crippen LogP contribution in [0.5, 0.6) is 5.75 Å². The molecule has 2 heterocycles. The molecule has 6 nitrogen and oxygen atoms in total. The fourth-order valence-corrected chi connectivity index (χ4v) is 2.03. The largest absolute Gasteiger partial charge is 0.496 e. The summed E-state index contributed by atoms with van der Waals surface area (Å²) in [6.45, 7) is 0. The van der Waals surface area contributed by atoms with E-state index >= 15 is 0 Å². The zero-order valence-corrected chi connectivity index (χ0v) is 10.0. The summed E-state index contributed by atoms with van der Waals surface area (Å²) in [5, 5.41) is 13.5. The molecule has 0 unspecified atom stereocenters. The molecule has 3 rings (SSSR count). The van der Waals surface area contributed by atoms with Crippen LogP contribution in [0.25, 0.3) is 22.2 Å². The number of carboxylic acids is 1. The minimum absolute atomic E-state index is 0.195. The number of aromatic nitrogens is 2. The minimum atomic E-state index is -1.15. The molecule has 0 aliphatic heterocycles. The third kappa shape index (κ3) is 1.74. The molecular formula is C13H10N2O4. The van der Waals surface area contributed by atoms with Gasteiger partial charge in [-0.3, -0.25) is 0 Å². The van der Waals surface area contributed by atoms with Crippen molar-refractivity contribution in [3.63, 3.8) is 0 Å². The molecule has 6 heteroatoms. The topological polar surface area (TPSA) is 88.4 Å². The van der Waals surface area contributed by atoms with Crippen LogP contribution in [0, 0.1) is 0 Å². The average Bonchev–Trinajstić information content (AvgIpc) is 3.04. The molecule has 96 valence electrons. The van der Waals surface area contributed by atoms with Crippen molar-refractivity contribution in [1.29, 1.82) is 0 Å². The van der Waals surface area contributed by atoms with E-state index in [4.69, 9.17) is 14.4 Å². The van der Waals surface area contributed by atoms with Crippen molar-refractivity contribution < 1.29 is 19.2 Å². The molecule has 0 aliphatic rings. The first-order valence-electron chi connectivity index (χ1n) is 5.55. The van der Waals surface area contributed by atoms with Crippen LogP contribution in [-0.2, 0) is 0 Å². The SMILES string of the molecule is COc1cccc2[nH]cc(-c3cc(C(=O)O)on3)c12. The van der Waals surface area contributed by atoms with Gasteiger partial charge >= 0.3 is 5.97 Å². The van der Waals surface area contributed by atoms with Crippen molar-refractivity contribution in [3.05, 3.63) is 36.2 Å². The van der Waals surface area contributed by atoms with Crippen LogP contribution in [-0.4, -0.2) is 28.3 Å². The fourth-order valence-electron chi connectivity index (χ4n) is 2.03. The van der Waals surface area contributed by atoms with Crippen molar-refractivity contribution in [3.8, 4) is 17.0 Å². The standard InChI is InChI=1S/C13H10N2O4/c1-18-10-4-2-3-8-12(10)7(6-14-8)9-5-11(13(16)17)19-15-9/h2-6,14H,1H3,(H,16,17). The molecule has 0 atom stereocenters. The van der Waals surface area contributed by atoms with Gasteiger partial charge in [0, 0.05) is 23.3 Å². The number of aromatic carboxylic acids is 1. The second-order valence-corrected chi connectivity index (χ2v) is 3.97. The second kappa shape index (κ2) is 4.16. The van der Waals surface area contributed by atoms with E-state index in [1.807, 2.05) is 18.2 Å². The third-order valence-electron chi connectivity index (χ3n) is 2.88. The summed E-state index contributed by atoms with van der Waals surface area (Å²) in [5.41, 5.74) is 2.08. The number of carbonyl (C=O) groups is 1. The monoisotopic (exact) mass is 258 g/mol. The number of ether oxygens (including phenoxy) is 1. The summed E-state index contributed by atoms with van der Waals surface area (Å²) >= 11 is 0. The third-order valence-corrected chi connectivity index (χ3v) is 2.88. The molecule has 0 saturated carbocycles. The van der Waals surface area contributed by atoms with E-state index in [-0.39, 0.29) is 5.76 Å². The van der Waals surface area contributed by atoms with E-state index in [2.05, 4.69) is 10.1 Å². The average molecular weight is 258 g/mol. The van der Waals surface area contributed by atoms with Gasteiger partial charge < -0.3 is 19.4 Å². The van der Waals surface area contributed by atoms with E-state index in [9.17, 15) is 4.79 Å². The van der Waals surface area contributed by atoms with Crippen LogP contribution in [0.3, 0.4) is 0 Å². The van der Waals surface area contributed by atoms with E-state index < -0.39 is 5.97 Å². The Bertz CT molecular complexity index is 757. The first kappa shape index (κ1) is 11.3. The molecule has 19 heavy (non-hydrogen) atoms. The molecular weight excluding hydrogens is 248 g/mol. The van der Waals surface area contributed by atoms with Crippen molar-refractivity contribution in [1.82, 2.24) is 10.1 Å². The van der Waals surface area contributed by atoms with Gasteiger partial charge in [0.1, 0.15) is 11.4 Å². The maximum Gasteiger partial charge on any atom is 0.374 e. The molecule has 2 aromatic heterocycles. The molecule has 0 fully saturated rings. The normalized spacial score (nSPS) is 10.8. The second-order valence-electron chi connectivity index (χ2n) is 3.97. The van der Waals surface area contributed by atoms with Gasteiger partial charge in [-0.05, 0) is 12.1 Å². The fraction of sp³-hybridized carbons (Fsp3) is 0.0769. The molecule has 3 aromatic rings. The van der Waals surface area contributed by atoms with E-state index in [0.29, 0.717) is 11.4 Å². The highest BCUT2D eigenvalue weighted by Gasteiger charge is 2.17. The lowest BCUT2D eigenvalue weighted by Crippen LogP contribution is -1.91. The van der Waals surface area contributed by atoms with Gasteiger partial charge in [0.15, 0.2) is 0 Å². The molecule has 0 amide bonds. The Morgan fingerprint density at radius 2 is 2.32 bits per heavy atom. The first-order chi connectivity index (χ1) is 9.20. The predicted molar refractivity (Wildman–Crippen MR) is 67.3 cm³/mol. The Hall–Kier alpha value is -2.76. The highest BCUT2D eigenvalue weighted by molar-refractivity contribution is 5.99. The minimum Gasteiger partial charge on any atom is -0.496 e. The lowest BCUT2D eigenvalue weighted by molar-refractivity contribution is 0.0652. The summed E-state index contributed by atoms with van der Waals surface area (Å²) in [7, 11) is 1.58. The van der Waals surface area contributed by atoms with Gasteiger partial charge in [0.25, 0.3) is 0 Å². The van der Waals surface area contributed by atoms with Crippen molar-refractivity contribution >= 4 is 16.9 Å². The zero-order chi connectivity index (χ0) is 13.4. The number of aromatic amines is 1. The number of carboxylic acid groups (broad SMARTS) is 1. The Kier molecular flexibility index (Phi) is 2.49. The summed E-state index contributed by atoms with van der Waals surface area (Å²) in [5.74, 6) is -0.654. The molecule has 0 saturated heterocycles. The van der Waals surface area contributed by atoms with Crippen molar-refractivity contribution in [2.75, 3.05) is 7.11 Å². The van der Waals surface area contributed by atoms with Crippen LogP contribution in [0.4, 0.5) is 0 Å². The van der Waals surface area contributed by atoms with Gasteiger partial charge in [-0.1, -0.05) is 11.2 Å². The van der Waals surface area contributed by atoms with Gasteiger partial charge in [-0.25, -0.2) is 4.79 Å². The van der Waals surface area contributed by atoms with Gasteiger partial charge in [-0.2, -0.15) is 0 Å². The van der Waals surface area contributed by atoms with Gasteiger partial charge in [-0.15, -0.1) is 0 Å². The Labute approximate surface area is 107 Å². The number of nitrogens with one attached hydrogen (secondary N) is 1. The van der Waals surface area contributed by atoms with Crippen molar-refractivity contribution in [2.24, 2.45) is 0 Å². The number of methoxy groups -OCH3 is 1. The smallest absolute Gasteiger partial charge is 0.374 e.